The maximum absolute atomic E-state index is 12.7. The molecule has 25 heavy (non-hydrogen) atoms. The van der Waals surface area contributed by atoms with Gasteiger partial charge in [-0.25, -0.2) is 14.8 Å². The second-order valence-corrected chi connectivity index (χ2v) is 7.84. The molecule has 0 radical (unpaired) electrons. The Hall–Kier alpha value is -1.60. The number of fused-ring (bicyclic) bond motifs is 1. The van der Waals surface area contributed by atoms with Crippen molar-refractivity contribution in [1.82, 2.24) is 19.1 Å². The number of halogens is 1. The zero-order valence-electron chi connectivity index (χ0n) is 15.0. The molecule has 0 atom stereocenters. The largest absolute Gasteiger partial charge is 0.332 e. The van der Waals surface area contributed by atoms with Gasteiger partial charge in [0.05, 0.1) is 0 Å². The first-order valence-corrected chi connectivity index (χ1v) is 9.59. The van der Waals surface area contributed by atoms with E-state index in [4.69, 9.17) is 11.6 Å². The van der Waals surface area contributed by atoms with E-state index < -0.39 is 0 Å². The number of nitrogens with zero attached hydrogens (tertiary/aromatic N) is 4. The molecule has 0 unspecified atom stereocenters. The topological polar surface area (TPSA) is 69.8 Å². The van der Waals surface area contributed by atoms with Gasteiger partial charge in [0.15, 0.2) is 5.65 Å². The number of thioether (sulfide) groups is 1. The molecule has 0 aliphatic heterocycles. The maximum atomic E-state index is 12.7. The third-order valence-electron chi connectivity index (χ3n) is 3.60. The molecule has 0 aliphatic carbocycles. The first kappa shape index (κ1) is 19.7. The quantitative estimate of drug-likeness (QED) is 0.544. The summed E-state index contributed by atoms with van der Waals surface area (Å²) in [5.41, 5.74) is -0.333. The summed E-state index contributed by atoms with van der Waals surface area (Å²) in [5.74, 6) is 1.42. The molecule has 0 spiro atoms. The van der Waals surface area contributed by atoms with Gasteiger partial charge < -0.3 is 0 Å². The summed E-state index contributed by atoms with van der Waals surface area (Å²) in [6, 6.07) is 0. The Morgan fingerprint density at radius 1 is 1.32 bits per heavy atom. The van der Waals surface area contributed by atoms with Crippen molar-refractivity contribution in [3.8, 4) is 0 Å². The summed E-state index contributed by atoms with van der Waals surface area (Å²) in [6.45, 7) is 10.3. The van der Waals surface area contributed by atoms with Crippen LogP contribution in [0.3, 0.4) is 0 Å². The predicted molar refractivity (Wildman–Crippen MR) is 104 cm³/mol. The lowest BCUT2D eigenvalue weighted by atomic mass is 10.1. The molecule has 0 saturated carbocycles. The van der Waals surface area contributed by atoms with Crippen LogP contribution in [0.4, 0.5) is 0 Å². The van der Waals surface area contributed by atoms with Gasteiger partial charge in [-0.3, -0.25) is 13.9 Å². The number of aromatic nitrogens is 4. The maximum Gasteiger partial charge on any atom is 0.332 e. The molecule has 2 aromatic rings. The molecular formula is C17H23ClN4O2S. The summed E-state index contributed by atoms with van der Waals surface area (Å²) in [5, 5.41) is 1.39. The molecule has 0 N–H and O–H groups in total. The Morgan fingerprint density at radius 3 is 2.56 bits per heavy atom. The lowest BCUT2D eigenvalue weighted by Crippen LogP contribution is -2.39. The van der Waals surface area contributed by atoms with E-state index in [9.17, 15) is 9.59 Å². The van der Waals surface area contributed by atoms with Gasteiger partial charge in [0, 0.05) is 30.8 Å². The molecule has 0 amide bonds. The molecule has 0 aromatic carbocycles. The Balaban J connectivity index is 2.84. The highest BCUT2D eigenvalue weighted by Crippen LogP contribution is 2.25. The van der Waals surface area contributed by atoms with Crippen molar-refractivity contribution in [1.29, 1.82) is 0 Å². The van der Waals surface area contributed by atoms with Crippen LogP contribution >= 0.6 is 23.4 Å². The zero-order chi connectivity index (χ0) is 18.7. The van der Waals surface area contributed by atoms with E-state index >= 15 is 0 Å². The number of hydrogen-bond donors (Lipinski definition) is 0. The molecule has 2 rings (SSSR count). The third kappa shape index (κ3) is 4.33. The smallest absolute Gasteiger partial charge is 0.277 e. The van der Waals surface area contributed by atoms with Crippen LogP contribution in [0.1, 0.15) is 33.0 Å². The van der Waals surface area contributed by atoms with E-state index in [2.05, 4.69) is 30.4 Å². The van der Waals surface area contributed by atoms with Crippen molar-refractivity contribution in [3.63, 3.8) is 0 Å². The van der Waals surface area contributed by atoms with E-state index in [0.717, 1.165) is 11.0 Å². The first-order chi connectivity index (χ1) is 11.8. The number of hydrogen-bond acceptors (Lipinski definition) is 5. The Bertz CT molecular complexity index is 917. The Morgan fingerprint density at radius 2 is 2.00 bits per heavy atom. The summed E-state index contributed by atoms with van der Waals surface area (Å²) in [4.78, 5) is 34.4. The molecule has 0 bridgehead atoms. The molecule has 0 saturated heterocycles. The van der Waals surface area contributed by atoms with Crippen molar-refractivity contribution < 1.29 is 0 Å². The monoisotopic (exact) mass is 382 g/mol. The van der Waals surface area contributed by atoms with Crippen LogP contribution in [-0.2, 0) is 20.0 Å². The van der Waals surface area contributed by atoms with E-state index in [1.807, 2.05) is 6.92 Å². The molecule has 0 aliphatic rings. The molecule has 8 heteroatoms. The van der Waals surface area contributed by atoms with Crippen molar-refractivity contribution in [3.05, 3.63) is 38.3 Å². The van der Waals surface area contributed by atoms with E-state index in [-0.39, 0.29) is 11.2 Å². The second-order valence-electron chi connectivity index (χ2n) is 6.35. The van der Waals surface area contributed by atoms with Crippen LogP contribution in [0.5, 0.6) is 0 Å². The first-order valence-electron chi connectivity index (χ1n) is 8.22. The SMILES string of the molecule is C=C(Cl)CSc1nc(CC(C)C)nc2c1c(=O)n(C)c(=O)n2CCC. The molecule has 136 valence electrons. The summed E-state index contributed by atoms with van der Waals surface area (Å²) < 4.78 is 2.67. The van der Waals surface area contributed by atoms with Crippen LogP contribution in [0.25, 0.3) is 11.0 Å². The van der Waals surface area contributed by atoms with Crippen LogP contribution < -0.4 is 11.2 Å². The van der Waals surface area contributed by atoms with Gasteiger partial charge in [0.2, 0.25) is 0 Å². The van der Waals surface area contributed by atoms with Crippen molar-refractivity contribution in [2.75, 3.05) is 5.75 Å². The van der Waals surface area contributed by atoms with Crippen LogP contribution in [0.15, 0.2) is 26.2 Å². The molecular weight excluding hydrogens is 360 g/mol. The lowest BCUT2D eigenvalue weighted by Gasteiger charge is -2.14. The van der Waals surface area contributed by atoms with Gasteiger partial charge in [0.1, 0.15) is 16.2 Å². The Kier molecular flexibility index (Phi) is 6.46. The summed E-state index contributed by atoms with van der Waals surface area (Å²) in [7, 11) is 1.48. The van der Waals surface area contributed by atoms with Gasteiger partial charge in [-0.15, -0.1) is 0 Å². The van der Waals surface area contributed by atoms with Crippen molar-refractivity contribution >= 4 is 34.4 Å². The highest BCUT2D eigenvalue weighted by Gasteiger charge is 2.19. The fourth-order valence-corrected chi connectivity index (χ4v) is 3.46. The highest BCUT2D eigenvalue weighted by molar-refractivity contribution is 7.99. The van der Waals surface area contributed by atoms with E-state index in [1.165, 1.54) is 18.8 Å². The summed E-state index contributed by atoms with van der Waals surface area (Å²) >= 11 is 7.23. The van der Waals surface area contributed by atoms with Crippen molar-refractivity contribution in [2.24, 2.45) is 13.0 Å². The van der Waals surface area contributed by atoms with Crippen molar-refractivity contribution in [2.45, 2.75) is 45.2 Å². The molecule has 0 fully saturated rings. The molecule has 2 heterocycles. The fraction of sp³-hybridized carbons (Fsp3) is 0.529. The Labute approximate surface area is 155 Å². The average Bonchev–Trinajstić information content (AvgIpc) is 2.53. The minimum Gasteiger partial charge on any atom is -0.277 e. The summed E-state index contributed by atoms with van der Waals surface area (Å²) in [6.07, 6.45) is 1.43. The van der Waals surface area contributed by atoms with E-state index in [1.54, 1.807) is 4.57 Å². The standard InChI is InChI=1S/C17H23ClN4O2S/c1-6-7-22-14-13(16(23)21(5)17(22)24)15(25-9-11(4)18)20-12(19-14)8-10(2)3/h10H,4,6-9H2,1-3,5H3. The van der Waals surface area contributed by atoms with Gasteiger partial charge in [-0.1, -0.05) is 50.7 Å². The van der Waals surface area contributed by atoms with E-state index in [0.29, 0.717) is 51.6 Å². The average molecular weight is 383 g/mol. The van der Waals surface area contributed by atoms with Crippen LogP contribution in [0.2, 0.25) is 0 Å². The minimum absolute atomic E-state index is 0.355. The van der Waals surface area contributed by atoms with Gasteiger partial charge in [0.25, 0.3) is 5.56 Å². The zero-order valence-corrected chi connectivity index (χ0v) is 16.6. The fourth-order valence-electron chi connectivity index (χ4n) is 2.51. The minimum atomic E-state index is -0.383. The van der Waals surface area contributed by atoms with Gasteiger partial charge in [-0.05, 0) is 12.3 Å². The van der Waals surface area contributed by atoms with Gasteiger partial charge in [-0.2, -0.15) is 0 Å². The van der Waals surface area contributed by atoms with Gasteiger partial charge >= 0.3 is 5.69 Å². The molecule has 6 nitrogen and oxygen atoms in total. The normalized spacial score (nSPS) is 11.4. The highest BCUT2D eigenvalue weighted by atomic mass is 35.5. The number of aryl methyl sites for hydroxylation is 1. The number of rotatable bonds is 7. The van der Waals surface area contributed by atoms with Crippen LogP contribution in [0, 0.1) is 5.92 Å². The predicted octanol–water partition coefficient (Wildman–Crippen LogP) is 2.94. The third-order valence-corrected chi connectivity index (χ3v) is 4.95. The lowest BCUT2D eigenvalue weighted by molar-refractivity contribution is 0.592. The second kappa shape index (κ2) is 8.19. The molecule has 2 aromatic heterocycles. The van der Waals surface area contributed by atoms with Crippen LogP contribution in [-0.4, -0.2) is 24.9 Å².